The monoisotopic (exact) mass is 1050 g/mol. The van der Waals surface area contributed by atoms with Crippen molar-refractivity contribution in [2.75, 3.05) is 45.8 Å². The van der Waals surface area contributed by atoms with Gasteiger partial charge in [0.1, 0.15) is 23.5 Å². The number of benzene rings is 5. The first kappa shape index (κ1) is 52.9. The third-order valence-electron chi connectivity index (χ3n) is 16.6. The third-order valence-corrected chi connectivity index (χ3v) is 16.6. The lowest BCUT2D eigenvalue weighted by atomic mass is 9.56. The topological polar surface area (TPSA) is 49.7 Å². The molecular weight excluding hydrogens is 977 g/mol. The van der Waals surface area contributed by atoms with Crippen LogP contribution in [0, 0.1) is 10.8 Å². The molecule has 2 N–H and O–H groups in total. The molecule has 6 aliphatic rings. The molecule has 6 fully saturated rings. The summed E-state index contributed by atoms with van der Waals surface area (Å²) in [6.07, 6.45) is 11.1. The average molecular weight is 1050 g/mol. The number of nitrogens with zero attached hydrogens (tertiary/aromatic N) is 2. The Morgan fingerprint density at radius 1 is 0.463 bits per heavy atom. The van der Waals surface area contributed by atoms with Gasteiger partial charge in [-0.1, -0.05) is 160 Å². The van der Waals surface area contributed by atoms with Crippen LogP contribution < -0.4 is 38.7 Å². The van der Waals surface area contributed by atoms with Crippen LogP contribution in [0.15, 0.2) is 146 Å². The van der Waals surface area contributed by atoms with Crippen molar-refractivity contribution in [3.63, 3.8) is 0 Å². The molecule has 5 aromatic rings. The fourth-order valence-corrected chi connectivity index (χ4v) is 12.6. The molecule has 0 spiro atoms. The van der Waals surface area contributed by atoms with E-state index in [-0.39, 0.29) is 50.5 Å². The maximum absolute atomic E-state index is 12.5. The molecule has 5 nitrogen and oxygen atoms in total. The van der Waals surface area contributed by atoms with Crippen molar-refractivity contribution in [3.8, 4) is 5.75 Å². The first-order valence-corrected chi connectivity index (χ1v) is 24.6. The highest BCUT2D eigenvalue weighted by Crippen LogP contribution is 2.59. The van der Waals surface area contributed by atoms with E-state index in [0.29, 0.717) is 0 Å². The Hall–Kier alpha value is -3.51. The molecule has 0 atom stereocenters. The van der Waals surface area contributed by atoms with Gasteiger partial charge in [0.05, 0.1) is 45.8 Å². The number of fused-ring (bicyclic) bond motifs is 6. The highest BCUT2D eigenvalue weighted by molar-refractivity contribution is 5.41. The number of unbranched alkanes of at least 4 members (excludes halogenated alkanes) is 6. The lowest BCUT2D eigenvalue weighted by Gasteiger charge is -2.60. The molecular formula is C57H71Br2F3N2O3. The summed E-state index contributed by atoms with van der Waals surface area (Å²) in [5.41, 5.74) is 2.74. The van der Waals surface area contributed by atoms with Crippen LogP contribution in [0.4, 0.5) is 13.2 Å². The number of alkyl halides is 3. The molecule has 6 saturated heterocycles. The first-order valence-electron chi connectivity index (χ1n) is 24.6. The fraction of sp³-hybridized carbons (Fsp3) is 0.474. The van der Waals surface area contributed by atoms with Crippen molar-refractivity contribution < 1.29 is 71.1 Å². The number of rotatable bonds is 17. The molecule has 0 radical (unpaired) electrons. The third kappa shape index (κ3) is 11.3. The fourth-order valence-electron chi connectivity index (χ4n) is 12.6. The summed E-state index contributed by atoms with van der Waals surface area (Å²) in [6, 6.07) is 47.2. The zero-order chi connectivity index (χ0) is 45.5. The van der Waals surface area contributed by atoms with Crippen molar-refractivity contribution in [2.45, 2.75) is 115 Å². The molecule has 0 amide bonds. The zero-order valence-electron chi connectivity index (χ0n) is 39.3. The Bertz CT molecular complexity index is 2120. The number of ether oxygens (including phenoxy) is 1. The van der Waals surface area contributed by atoms with E-state index in [1.54, 1.807) is 12.1 Å². The van der Waals surface area contributed by atoms with E-state index in [1.807, 2.05) is 60.7 Å². The maximum Gasteiger partial charge on any atom is 0.573 e. The minimum atomic E-state index is -4.68. The van der Waals surface area contributed by atoms with Crippen LogP contribution in [-0.4, -0.2) is 71.4 Å². The highest BCUT2D eigenvalue weighted by atomic mass is 79.9. The Kier molecular flexibility index (Phi) is 17.7. The largest absolute Gasteiger partial charge is 1.00 e. The minimum absolute atomic E-state index is 0. The smallest absolute Gasteiger partial charge is 0.573 e. The summed E-state index contributed by atoms with van der Waals surface area (Å²) >= 11 is 0. The Balaban J connectivity index is 0.000000216. The van der Waals surface area contributed by atoms with E-state index >= 15 is 0 Å². The van der Waals surface area contributed by atoms with Crippen molar-refractivity contribution in [1.82, 2.24) is 0 Å². The number of aliphatic hydroxyl groups is 2. The van der Waals surface area contributed by atoms with Gasteiger partial charge in [-0.25, -0.2) is 0 Å². The van der Waals surface area contributed by atoms with Crippen LogP contribution in [0.25, 0.3) is 0 Å². The lowest BCUT2D eigenvalue weighted by molar-refractivity contribution is -0.958. The summed E-state index contributed by atoms with van der Waals surface area (Å²) < 4.78 is 43.6. The Morgan fingerprint density at radius 3 is 1.13 bits per heavy atom. The van der Waals surface area contributed by atoms with Crippen LogP contribution in [0.3, 0.4) is 0 Å². The van der Waals surface area contributed by atoms with E-state index in [0.717, 1.165) is 97.0 Å². The van der Waals surface area contributed by atoms with Crippen LogP contribution in [-0.2, 0) is 17.7 Å². The van der Waals surface area contributed by atoms with Gasteiger partial charge in [-0.15, -0.1) is 13.2 Å². The van der Waals surface area contributed by atoms with Crippen LogP contribution in [0.1, 0.15) is 118 Å². The van der Waals surface area contributed by atoms with Crippen LogP contribution in [0.5, 0.6) is 5.75 Å². The number of hydrogen-bond acceptors (Lipinski definition) is 3. The second kappa shape index (κ2) is 22.5. The second-order valence-electron chi connectivity index (χ2n) is 20.2. The average Bonchev–Trinajstić information content (AvgIpc) is 3.35. The van der Waals surface area contributed by atoms with Gasteiger partial charge < -0.3 is 57.9 Å². The molecule has 10 heteroatoms. The van der Waals surface area contributed by atoms with Gasteiger partial charge in [0.25, 0.3) is 0 Å². The predicted octanol–water partition coefficient (Wildman–Crippen LogP) is 6.70. The summed E-state index contributed by atoms with van der Waals surface area (Å²) in [5.74, 6) is -0.191. The van der Waals surface area contributed by atoms with E-state index in [9.17, 15) is 23.4 Å². The molecule has 67 heavy (non-hydrogen) atoms. The van der Waals surface area contributed by atoms with Crippen LogP contribution >= 0.6 is 0 Å². The standard InChI is InChI=1S/C29H42NO.C28H29F3NO2.2BrH/c1-2-3-4-5-6-7-14-22-30-23-19-28(20-24-30,21-25-30)29(31,26-15-10-8-11-16-26)27-17-12-9-13-18-27;29-28(30,31)34-25-13-11-22(12-14-25)21-32-18-15-26(16-19-32,17-20-32)27(33,23-7-3-1-4-8-23)24-9-5-2-6-10-24;;/h8-13,15-18,31H,2-7,14,19-25H2,1H3;1-14,33H,15-21H2;2*1H/q2*+1;;/p-2. The van der Waals surface area contributed by atoms with Gasteiger partial charge in [-0.05, 0) is 59.4 Å². The molecule has 362 valence electrons. The van der Waals surface area contributed by atoms with Crippen molar-refractivity contribution in [1.29, 1.82) is 0 Å². The van der Waals surface area contributed by atoms with Crippen LogP contribution in [0.2, 0.25) is 0 Å². The van der Waals surface area contributed by atoms with Gasteiger partial charge >= 0.3 is 6.36 Å². The SMILES string of the molecule is CCCCCCCCC[N+]12CCC(C(O)(c3ccccc3)c3ccccc3)(CC1)CC2.OC(c1ccccc1)(c1ccccc1)C12CC[N+](Cc3ccc(OC(F)(F)F)cc3)(CC1)CC2.[Br-].[Br-]. The zero-order valence-corrected chi connectivity index (χ0v) is 42.5. The maximum atomic E-state index is 12.5. The Labute approximate surface area is 419 Å². The number of quaternary nitrogens is 2. The Morgan fingerprint density at radius 2 is 0.791 bits per heavy atom. The van der Waals surface area contributed by atoms with Crippen molar-refractivity contribution in [3.05, 3.63) is 173 Å². The van der Waals surface area contributed by atoms with E-state index in [4.69, 9.17) is 0 Å². The molecule has 4 bridgehead atoms. The summed E-state index contributed by atoms with van der Waals surface area (Å²) in [4.78, 5) is 0. The quantitative estimate of drug-likeness (QED) is 0.0806. The number of halogens is 5. The second-order valence-corrected chi connectivity index (χ2v) is 20.2. The van der Waals surface area contributed by atoms with Gasteiger partial charge in [-0.3, -0.25) is 0 Å². The molecule has 6 heterocycles. The minimum Gasteiger partial charge on any atom is -1.00 e. The van der Waals surface area contributed by atoms with E-state index < -0.39 is 17.6 Å². The van der Waals surface area contributed by atoms with Crippen molar-refractivity contribution >= 4 is 0 Å². The van der Waals surface area contributed by atoms with Crippen molar-refractivity contribution in [2.24, 2.45) is 10.8 Å². The van der Waals surface area contributed by atoms with E-state index in [2.05, 4.69) is 72.3 Å². The molecule has 6 aliphatic heterocycles. The molecule has 0 unspecified atom stereocenters. The normalized spacial score (nSPS) is 24.4. The summed E-state index contributed by atoms with van der Waals surface area (Å²) in [6.45, 7) is 10.9. The van der Waals surface area contributed by atoms with E-state index in [1.165, 1.54) is 87.7 Å². The number of hydrogen-bond donors (Lipinski definition) is 2. The lowest BCUT2D eigenvalue weighted by Crippen LogP contribution is -3.00. The van der Waals surface area contributed by atoms with Gasteiger partial charge in [0.2, 0.25) is 0 Å². The van der Waals surface area contributed by atoms with Gasteiger partial charge in [0.15, 0.2) is 0 Å². The highest BCUT2D eigenvalue weighted by Gasteiger charge is 2.61. The molecule has 11 rings (SSSR count). The molecule has 0 aromatic heterocycles. The first-order chi connectivity index (χ1) is 31.4. The predicted molar refractivity (Wildman–Crippen MR) is 254 cm³/mol. The molecule has 5 aromatic carbocycles. The summed E-state index contributed by atoms with van der Waals surface area (Å²) in [7, 11) is 0. The number of piperidine rings is 6. The van der Waals surface area contributed by atoms with Gasteiger partial charge in [-0.2, -0.15) is 0 Å². The molecule has 0 aliphatic carbocycles. The van der Waals surface area contributed by atoms with Gasteiger partial charge in [0, 0.05) is 54.9 Å². The molecule has 0 saturated carbocycles. The summed E-state index contributed by atoms with van der Waals surface area (Å²) in [5, 5.41) is 24.9.